The average Bonchev–Trinajstić information content (AvgIpc) is 3.03. The van der Waals surface area contributed by atoms with Crippen LogP contribution in [0.2, 0.25) is 0 Å². The summed E-state index contributed by atoms with van der Waals surface area (Å²) in [6.07, 6.45) is 18.7. The summed E-state index contributed by atoms with van der Waals surface area (Å²) in [5.41, 5.74) is 0. The maximum absolute atomic E-state index is 3.66. The molecule has 2 aromatic rings. The molecule has 0 fully saturated rings. The maximum atomic E-state index is 3.66. The summed E-state index contributed by atoms with van der Waals surface area (Å²) in [6.45, 7) is 0. The molecule has 2 nitrogen and oxygen atoms in total. The van der Waals surface area contributed by atoms with E-state index in [0.29, 0.717) is 0 Å². The van der Waals surface area contributed by atoms with Crippen LogP contribution in [-0.2, 0) is 19.5 Å². The van der Waals surface area contributed by atoms with Gasteiger partial charge in [-0.2, -0.15) is 42.5 Å². The van der Waals surface area contributed by atoms with Crippen LogP contribution in [0.25, 0.3) is 0 Å². The Morgan fingerprint density at radius 2 is 1.44 bits per heavy atom. The first-order valence-corrected chi connectivity index (χ1v) is 5.26. The molecule has 0 saturated carbocycles. The molecule has 2 aromatic heterocycles. The number of nitrogens with zero attached hydrogens (tertiary/aromatic N) is 2. The van der Waals surface area contributed by atoms with Crippen molar-refractivity contribution in [2.45, 2.75) is 6.42 Å². The van der Waals surface area contributed by atoms with Gasteiger partial charge in [-0.3, -0.25) is 6.08 Å². The van der Waals surface area contributed by atoms with Crippen molar-refractivity contribution in [2.75, 3.05) is 0 Å². The van der Waals surface area contributed by atoms with E-state index in [0.717, 1.165) is 6.42 Å². The molecule has 18 heavy (non-hydrogen) atoms. The molecule has 0 spiro atoms. The van der Waals surface area contributed by atoms with Crippen molar-refractivity contribution in [3.8, 4) is 0 Å². The van der Waals surface area contributed by atoms with Crippen LogP contribution in [0.1, 0.15) is 6.42 Å². The van der Waals surface area contributed by atoms with Gasteiger partial charge in [-0.25, -0.2) is 12.2 Å². The zero-order valence-corrected chi connectivity index (χ0v) is 11.4. The molecule has 0 unspecified atom stereocenters. The Morgan fingerprint density at radius 3 is 1.56 bits per heavy atom. The molecular formula is C15H13N2Rh. The number of rotatable bonds is 0. The van der Waals surface area contributed by atoms with Crippen molar-refractivity contribution in [3.63, 3.8) is 0 Å². The Morgan fingerprint density at radius 1 is 0.833 bits per heavy atom. The fourth-order valence-corrected chi connectivity index (χ4v) is 0.895. The Balaban J connectivity index is 0.000000235. The molecule has 0 saturated heterocycles. The molecule has 1 aliphatic carbocycles. The van der Waals surface area contributed by atoms with Gasteiger partial charge in [-0.15, -0.1) is 6.42 Å². The Bertz CT molecular complexity index is 318. The van der Waals surface area contributed by atoms with Crippen LogP contribution < -0.4 is 0 Å². The molecule has 0 aliphatic heterocycles. The Hall–Kier alpha value is -1.60. The van der Waals surface area contributed by atoms with Gasteiger partial charge in [0, 0.05) is 0 Å². The van der Waals surface area contributed by atoms with E-state index in [4.69, 9.17) is 0 Å². The van der Waals surface area contributed by atoms with E-state index in [1.165, 1.54) is 0 Å². The average molecular weight is 324 g/mol. The van der Waals surface area contributed by atoms with Gasteiger partial charge >= 0.3 is 19.5 Å². The summed E-state index contributed by atoms with van der Waals surface area (Å²) >= 11 is 0. The molecule has 0 bridgehead atoms. The molecule has 2 heterocycles. The second kappa shape index (κ2) is 13.5. The number of pyridine rings is 2. The summed E-state index contributed by atoms with van der Waals surface area (Å²) < 4.78 is 0. The van der Waals surface area contributed by atoms with Crippen LogP contribution in [0.5, 0.6) is 0 Å². The molecule has 0 radical (unpaired) electrons. The van der Waals surface area contributed by atoms with Crippen molar-refractivity contribution in [3.05, 3.63) is 85.5 Å². The SMILES string of the molecule is [C-]1=CC=CC1.[Rh+3].[c-]1ccccn1.[c-]1ccccn1. The Labute approximate surface area is 121 Å². The standard InChI is InChI=1S/2C5H4N.C5H5.Rh/c2*1-2-4-6-5-3-1;1-2-4-5-3-1;/h2*1-4H;1-3H,4H2;/q3*-1;+3. The van der Waals surface area contributed by atoms with Crippen LogP contribution in [-0.4, -0.2) is 9.97 Å². The van der Waals surface area contributed by atoms with E-state index in [2.05, 4.69) is 34.5 Å². The molecular weight excluding hydrogens is 311 g/mol. The van der Waals surface area contributed by atoms with Gasteiger partial charge in [-0.05, 0) is 0 Å². The summed E-state index contributed by atoms with van der Waals surface area (Å²) in [4.78, 5) is 7.32. The van der Waals surface area contributed by atoms with Crippen LogP contribution in [0.4, 0.5) is 0 Å². The van der Waals surface area contributed by atoms with Crippen LogP contribution >= 0.6 is 0 Å². The predicted octanol–water partition coefficient (Wildman–Crippen LogP) is 3.07. The summed E-state index contributed by atoms with van der Waals surface area (Å²) in [5, 5.41) is 0. The molecule has 3 heteroatoms. The molecule has 0 aromatic carbocycles. The molecule has 0 atom stereocenters. The Kier molecular flexibility index (Phi) is 12.3. The third kappa shape index (κ3) is 10.9. The first-order valence-electron chi connectivity index (χ1n) is 5.26. The van der Waals surface area contributed by atoms with Gasteiger partial charge in [0.05, 0.1) is 0 Å². The van der Waals surface area contributed by atoms with Gasteiger partial charge in [0.2, 0.25) is 0 Å². The van der Waals surface area contributed by atoms with Gasteiger partial charge in [-0.1, -0.05) is 24.8 Å². The minimum absolute atomic E-state index is 0. The molecule has 0 amide bonds. The summed E-state index contributed by atoms with van der Waals surface area (Å²) in [6, 6.07) is 11.0. The second-order valence-corrected chi connectivity index (χ2v) is 2.92. The van der Waals surface area contributed by atoms with E-state index in [9.17, 15) is 0 Å². The summed E-state index contributed by atoms with van der Waals surface area (Å²) in [5.74, 6) is 0. The first kappa shape index (κ1) is 16.4. The number of hydrogen-bond donors (Lipinski definition) is 0. The fraction of sp³-hybridized carbons (Fsp3) is 0.0667. The number of allylic oxidation sites excluding steroid dienone is 4. The number of hydrogen-bond acceptors (Lipinski definition) is 2. The van der Waals surface area contributed by atoms with Gasteiger partial charge < -0.3 is 9.97 Å². The van der Waals surface area contributed by atoms with Crippen molar-refractivity contribution >= 4 is 0 Å². The second-order valence-electron chi connectivity index (χ2n) is 2.92. The van der Waals surface area contributed by atoms with E-state index >= 15 is 0 Å². The van der Waals surface area contributed by atoms with Crippen molar-refractivity contribution < 1.29 is 19.5 Å². The van der Waals surface area contributed by atoms with Crippen LogP contribution in [0.3, 0.4) is 0 Å². The van der Waals surface area contributed by atoms with Crippen molar-refractivity contribution in [2.24, 2.45) is 0 Å². The third-order valence-corrected chi connectivity index (χ3v) is 1.62. The van der Waals surface area contributed by atoms with E-state index in [1.54, 1.807) is 24.5 Å². The van der Waals surface area contributed by atoms with Gasteiger partial charge in [0.15, 0.2) is 0 Å². The van der Waals surface area contributed by atoms with E-state index in [-0.39, 0.29) is 19.5 Å². The smallest absolute Gasteiger partial charge is 0.394 e. The van der Waals surface area contributed by atoms with E-state index in [1.807, 2.05) is 36.4 Å². The minimum Gasteiger partial charge on any atom is -0.394 e. The zero-order valence-electron chi connectivity index (χ0n) is 9.79. The van der Waals surface area contributed by atoms with Crippen LogP contribution in [0.15, 0.2) is 67.0 Å². The van der Waals surface area contributed by atoms with Crippen LogP contribution in [0, 0.1) is 18.5 Å². The molecule has 92 valence electrons. The predicted molar refractivity (Wildman–Crippen MR) is 67.7 cm³/mol. The molecule has 1 aliphatic rings. The third-order valence-electron chi connectivity index (χ3n) is 1.62. The maximum Gasteiger partial charge on any atom is 3.00 e. The van der Waals surface area contributed by atoms with Crippen molar-refractivity contribution in [1.82, 2.24) is 9.97 Å². The largest absolute Gasteiger partial charge is 3.00 e. The van der Waals surface area contributed by atoms with Gasteiger partial charge in [0.25, 0.3) is 0 Å². The fourth-order valence-electron chi connectivity index (χ4n) is 0.895. The number of aromatic nitrogens is 2. The minimum atomic E-state index is 0. The summed E-state index contributed by atoms with van der Waals surface area (Å²) in [7, 11) is 0. The molecule has 3 rings (SSSR count). The van der Waals surface area contributed by atoms with E-state index < -0.39 is 0 Å². The zero-order chi connectivity index (χ0) is 12.0. The molecule has 0 N–H and O–H groups in total. The van der Waals surface area contributed by atoms with Gasteiger partial charge in [0.1, 0.15) is 0 Å². The first-order chi connectivity index (χ1) is 8.50. The topological polar surface area (TPSA) is 25.8 Å². The quantitative estimate of drug-likeness (QED) is 0.550. The van der Waals surface area contributed by atoms with Crippen molar-refractivity contribution in [1.29, 1.82) is 0 Å². The normalized spacial score (nSPS) is 10.2. The monoisotopic (exact) mass is 324 g/mol.